The van der Waals surface area contributed by atoms with E-state index in [9.17, 15) is 4.39 Å². The molecule has 0 aliphatic carbocycles. The lowest BCUT2D eigenvalue weighted by atomic mass is 10.1. The fourth-order valence-corrected chi connectivity index (χ4v) is 2.60. The topological polar surface area (TPSA) is 56.7 Å². The zero-order chi connectivity index (χ0) is 14.4. The van der Waals surface area contributed by atoms with Gasteiger partial charge in [-0.05, 0) is 36.4 Å². The maximum absolute atomic E-state index is 13.6. The molecule has 0 spiro atoms. The van der Waals surface area contributed by atoms with Crippen molar-refractivity contribution in [3.63, 3.8) is 0 Å². The van der Waals surface area contributed by atoms with Crippen molar-refractivity contribution in [3.05, 3.63) is 60.5 Å². The van der Waals surface area contributed by atoms with E-state index in [1.807, 2.05) is 30.3 Å². The average molecular weight is 278 g/mol. The van der Waals surface area contributed by atoms with Crippen molar-refractivity contribution >= 4 is 27.9 Å². The van der Waals surface area contributed by atoms with Crippen LogP contribution in [0.15, 0.2) is 54.7 Å². The molecule has 4 rings (SSSR count). The van der Waals surface area contributed by atoms with Crippen LogP contribution < -0.4 is 5.73 Å². The second-order valence-corrected chi connectivity index (χ2v) is 4.79. The number of hydrogen-bond donors (Lipinski definition) is 1. The molecule has 0 saturated heterocycles. The van der Waals surface area contributed by atoms with E-state index >= 15 is 0 Å². The highest BCUT2D eigenvalue weighted by Crippen LogP contribution is 2.28. The normalized spacial score (nSPS) is 11.3. The smallest absolute Gasteiger partial charge is 0.205 e. The first kappa shape index (κ1) is 11.8. The van der Waals surface area contributed by atoms with Crippen molar-refractivity contribution in [2.24, 2.45) is 0 Å². The predicted octanol–water partition coefficient (Wildman–Crippen LogP) is 3.30. The molecule has 5 heteroatoms. The number of benzene rings is 2. The molecule has 0 amide bonds. The van der Waals surface area contributed by atoms with Gasteiger partial charge in [-0.25, -0.2) is 9.37 Å². The number of halogens is 1. The minimum atomic E-state index is -0.318. The molecule has 0 fully saturated rings. The number of nitrogens with two attached hydrogens (primary N) is 1. The Morgan fingerprint density at radius 3 is 2.81 bits per heavy atom. The van der Waals surface area contributed by atoms with Crippen LogP contribution in [0.4, 0.5) is 10.3 Å². The maximum Gasteiger partial charge on any atom is 0.205 e. The Kier molecular flexibility index (Phi) is 2.41. The van der Waals surface area contributed by atoms with Gasteiger partial charge in [0.25, 0.3) is 0 Å². The number of imidazole rings is 1. The van der Waals surface area contributed by atoms with Gasteiger partial charge in [-0.15, -0.1) is 0 Å². The zero-order valence-corrected chi connectivity index (χ0v) is 11.0. The van der Waals surface area contributed by atoms with Gasteiger partial charge in [0.15, 0.2) is 0 Å². The predicted molar refractivity (Wildman–Crippen MR) is 80.7 cm³/mol. The molecule has 2 aromatic heterocycles. The van der Waals surface area contributed by atoms with Gasteiger partial charge in [0.05, 0.1) is 22.2 Å². The lowest BCUT2D eigenvalue weighted by molar-refractivity contribution is 0.629. The molecule has 0 atom stereocenters. The molecule has 0 radical (unpaired) electrons. The van der Waals surface area contributed by atoms with Crippen LogP contribution in [0.3, 0.4) is 0 Å². The summed E-state index contributed by atoms with van der Waals surface area (Å²) in [7, 11) is 0. The second-order valence-electron chi connectivity index (χ2n) is 4.79. The van der Waals surface area contributed by atoms with Crippen LogP contribution in [0.5, 0.6) is 0 Å². The molecule has 0 saturated carbocycles. The third-order valence-electron chi connectivity index (χ3n) is 3.51. The van der Waals surface area contributed by atoms with Crippen molar-refractivity contribution in [3.8, 4) is 5.69 Å². The van der Waals surface area contributed by atoms with Crippen molar-refractivity contribution < 1.29 is 4.39 Å². The number of nitrogens with zero attached hydrogens (tertiary/aromatic N) is 3. The molecule has 0 aliphatic rings. The summed E-state index contributed by atoms with van der Waals surface area (Å²) in [6.07, 6.45) is 1.74. The quantitative estimate of drug-likeness (QED) is 0.581. The number of fused-ring (bicyclic) bond motifs is 2. The Morgan fingerprint density at radius 1 is 1.00 bits per heavy atom. The Bertz CT molecular complexity index is 969. The van der Waals surface area contributed by atoms with Gasteiger partial charge in [0.2, 0.25) is 5.95 Å². The van der Waals surface area contributed by atoms with Crippen LogP contribution in [0.1, 0.15) is 0 Å². The SMILES string of the molecule is Nc1nc2ccc(F)cc2n1-c1cccc2ncccc12. The molecular formula is C16H11FN4. The summed E-state index contributed by atoms with van der Waals surface area (Å²) in [6.45, 7) is 0. The Hall–Kier alpha value is -2.95. The van der Waals surface area contributed by atoms with Crippen molar-refractivity contribution in [1.29, 1.82) is 0 Å². The van der Waals surface area contributed by atoms with Gasteiger partial charge in [0.1, 0.15) is 5.82 Å². The Balaban J connectivity index is 2.14. The molecule has 4 aromatic rings. The van der Waals surface area contributed by atoms with Crippen LogP contribution in [0, 0.1) is 5.82 Å². The fraction of sp³-hybridized carbons (Fsp3) is 0. The minimum Gasteiger partial charge on any atom is -0.369 e. The summed E-state index contributed by atoms with van der Waals surface area (Å²) in [6, 6.07) is 14.0. The monoisotopic (exact) mass is 278 g/mol. The van der Waals surface area contributed by atoms with E-state index < -0.39 is 0 Å². The van der Waals surface area contributed by atoms with Gasteiger partial charge >= 0.3 is 0 Å². The van der Waals surface area contributed by atoms with Crippen molar-refractivity contribution in [2.75, 3.05) is 5.73 Å². The molecule has 4 nitrogen and oxygen atoms in total. The zero-order valence-electron chi connectivity index (χ0n) is 11.0. The number of nitrogen functional groups attached to an aromatic ring is 1. The lowest BCUT2D eigenvalue weighted by Gasteiger charge is -2.09. The lowest BCUT2D eigenvalue weighted by Crippen LogP contribution is -2.01. The molecule has 102 valence electrons. The third kappa shape index (κ3) is 1.74. The van der Waals surface area contributed by atoms with Crippen LogP contribution >= 0.6 is 0 Å². The van der Waals surface area contributed by atoms with E-state index in [0.29, 0.717) is 17.0 Å². The number of anilines is 1. The highest BCUT2D eigenvalue weighted by molar-refractivity contribution is 5.91. The molecule has 2 N–H and O–H groups in total. The van der Waals surface area contributed by atoms with E-state index in [0.717, 1.165) is 16.6 Å². The highest BCUT2D eigenvalue weighted by atomic mass is 19.1. The number of aromatic nitrogens is 3. The first-order chi connectivity index (χ1) is 10.2. The van der Waals surface area contributed by atoms with Gasteiger partial charge in [-0.1, -0.05) is 6.07 Å². The van der Waals surface area contributed by atoms with E-state index in [-0.39, 0.29) is 5.82 Å². The van der Waals surface area contributed by atoms with Crippen molar-refractivity contribution in [1.82, 2.24) is 14.5 Å². The molecule has 0 aliphatic heterocycles. The molecular weight excluding hydrogens is 267 g/mol. The second kappa shape index (κ2) is 4.28. The van der Waals surface area contributed by atoms with E-state index in [4.69, 9.17) is 5.73 Å². The van der Waals surface area contributed by atoms with Crippen molar-refractivity contribution in [2.45, 2.75) is 0 Å². The van der Waals surface area contributed by atoms with Crippen LogP contribution in [-0.4, -0.2) is 14.5 Å². The third-order valence-corrected chi connectivity index (χ3v) is 3.51. The molecule has 0 bridgehead atoms. The number of hydrogen-bond acceptors (Lipinski definition) is 3. The Morgan fingerprint density at radius 2 is 1.90 bits per heavy atom. The van der Waals surface area contributed by atoms with Gasteiger partial charge in [-0.2, -0.15) is 0 Å². The fourth-order valence-electron chi connectivity index (χ4n) is 2.60. The summed E-state index contributed by atoms with van der Waals surface area (Å²) < 4.78 is 15.3. The maximum atomic E-state index is 13.6. The average Bonchev–Trinajstić information content (AvgIpc) is 2.82. The minimum absolute atomic E-state index is 0.318. The molecule has 2 aromatic carbocycles. The largest absolute Gasteiger partial charge is 0.369 e. The van der Waals surface area contributed by atoms with E-state index in [2.05, 4.69) is 9.97 Å². The standard InChI is InChI=1S/C16H11FN4/c17-10-6-7-13-15(9-10)21(16(18)20-13)14-5-1-4-12-11(14)3-2-8-19-12/h1-9H,(H2,18,20). The van der Waals surface area contributed by atoms with Gasteiger partial charge < -0.3 is 5.73 Å². The van der Waals surface area contributed by atoms with E-state index in [1.165, 1.54) is 12.1 Å². The summed E-state index contributed by atoms with van der Waals surface area (Å²) in [5.41, 5.74) is 9.03. The van der Waals surface area contributed by atoms with E-state index in [1.54, 1.807) is 16.8 Å². The van der Waals surface area contributed by atoms with Crippen LogP contribution in [-0.2, 0) is 0 Å². The van der Waals surface area contributed by atoms with Crippen LogP contribution in [0.2, 0.25) is 0 Å². The first-order valence-electron chi connectivity index (χ1n) is 6.51. The summed E-state index contributed by atoms with van der Waals surface area (Å²) in [5, 5.41) is 0.940. The Labute approximate surface area is 119 Å². The van der Waals surface area contributed by atoms with Gasteiger partial charge in [0, 0.05) is 17.6 Å². The molecule has 0 unspecified atom stereocenters. The summed E-state index contributed by atoms with van der Waals surface area (Å²) >= 11 is 0. The van der Waals surface area contributed by atoms with Crippen LogP contribution in [0.25, 0.3) is 27.6 Å². The summed E-state index contributed by atoms with van der Waals surface area (Å²) in [5.74, 6) is 0.00830. The highest BCUT2D eigenvalue weighted by Gasteiger charge is 2.13. The molecule has 2 heterocycles. The summed E-state index contributed by atoms with van der Waals surface area (Å²) in [4.78, 5) is 8.62. The molecule has 21 heavy (non-hydrogen) atoms. The number of pyridine rings is 1. The first-order valence-corrected chi connectivity index (χ1v) is 6.51. The number of rotatable bonds is 1. The van der Waals surface area contributed by atoms with Gasteiger partial charge in [-0.3, -0.25) is 9.55 Å².